The average molecular weight is 216 g/mol. The van der Waals surface area contributed by atoms with E-state index >= 15 is 0 Å². The summed E-state index contributed by atoms with van der Waals surface area (Å²) < 4.78 is 19.8. The van der Waals surface area contributed by atoms with Gasteiger partial charge in [-0.05, 0) is 0 Å². The Kier molecular flexibility index (Phi) is 2.62. The van der Waals surface area contributed by atoms with E-state index in [2.05, 4.69) is 4.74 Å². The van der Waals surface area contributed by atoms with Crippen LogP contribution >= 0.6 is 0 Å². The van der Waals surface area contributed by atoms with Crippen LogP contribution in [-0.4, -0.2) is 45.2 Å². The quantitative estimate of drug-likeness (QED) is 0.450. The number of rotatable bonds is 2. The largest absolute Gasteiger partial charge is 0.468 e. The minimum Gasteiger partial charge on any atom is -0.468 e. The molecule has 0 aromatic heterocycles. The topological polar surface area (TPSA) is 71.1 Å². The van der Waals surface area contributed by atoms with E-state index in [9.17, 15) is 9.59 Å². The predicted molar refractivity (Wildman–Crippen MR) is 45.6 cm³/mol. The molecule has 0 N–H and O–H groups in total. The molecule has 0 radical (unpaired) electrons. The molecule has 0 amide bonds. The van der Waals surface area contributed by atoms with Gasteiger partial charge in [0.15, 0.2) is 12.2 Å². The van der Waals surface area contributed by atoms with Crippen LogP contribution < -0.4 is 0 Å². The molecule has 2 saturated heterocycles. The Morgan fingerprint density at radius 3 is 2.80 bits per heavy atom. The molecule has 4 atom stereocenters. The molecule has 2 fully saturated rings. The van der Waals surface area contributed by atoms with Crippen molar-refractivity contribution in [2.45, 2.75) is 12.4 Å². The lowest BCUT2D eigenvalue weighted by molar-refractivity contribution is -0.165. The van der Waals surface area contributed by atoms with E-state index in [1.165, 1.54) is 14.2 Å². The number of carbonyl (C=O) groups excluding carboxylic acids is 2. The Morgan fingerprint density at radius 1 is 1.47 bits per heavy atom. The van der Waals surface area contributed by atoms with Crippen molar-refractivity contribution < 1.29 is 28.5 Å². The summed E-state index contributed by atoms with van der Waals surface area (Å²) >= 11 is 0. The Labute approximate surface area is 86.4 Å². The van der Waals surface area contributed by atoms with Gasteiger partial charge in [-0.3, -0.25) is 9.59 Å². The fraction of sp³-hybridized carbons (Fsp3) is 0.778. The molecule has 2 heterocycles. The maximum Gasteiger partial charge on any atom is 0.321 e. The Bertz CT molecular complexity index is 280. The van der Waals surface area contributed by atoms with Gasteiger partial charge in [-0.2, -0.15) is 0 Å². The molecule has 2 aliphatic heterocycles. The first-order valence-corrected chi connectivity index (χ1v) is 4.61. The van der Waals surface area contributed by atoms with Crippen LogP contribution in [0.25, 0.3) is 0 Å². The summed E-state index contributed by atoms with van der Waals surface area (Å²) in [5.74, 6) is -2.47. The minimum atomic E-state index is -0.924. The summed E-state index contributed by atoms with van der Waals surface area (Å²) in [4.78, 5) is 22.8. The van der Waals surface area contributed by atoms with Gasteiger partial charge in [0.25, 0.3) is 0 Å². The lowest BCUT2D eigenvalue weighted by Crippen LogP contribution is -2.34. The van der Waals surface area contributed by atoms with Crippen LogP contribution in [0.15, 0.2) is 0 Å². The highest BCUT2D eigenvalue weighted by atomic mass is 16.7. The van der Waals surface area contributed by atoms with Crippen molar-refractivity contribution in [3.63, 3.8) is 0 Å². The first-order valence-electron chi connectivity index (χ1n) is 4.61. The van der Waals surface area contributed by atoms with Crippen molar-refractivity contribution >= 4 is 11.9 Å². The van der Waals surface area contributed by atoms with Crippen LogP contribution in [0.5, 0.6) is 0 Å². The SMILES string of the molecule is COC(=O)[C@@H]1C(=O)O[C@H]2COC(OC)[C@@H]12. The zero-order valence-electron chi connectivity index (χ0n) is 8.47. The van der Waals surface area contributed by atoms with Crippen molar-refractivity contribution in [3.05, 3.63) is 0 Å². The molecule has 0 aromatic rings. The normalized spacial score (nSPS) is 38.7. The van der Waals surface area contributed by atoms with Crippen molar-refractivity contribution in [1.82, 2.24) is 0 Å². The number of carbonyl (C=O) groups is 2. The summed E-state index contributed by atoms with van der Waals surface area (Å²) in [5, 5.41) is 0. The molecule has 2 rings (SSSR count). The highest BCUT2D eigenvalue weighted by molar-refractivity contribution is 5.96. The van der Waals surface area contributed by atoms with Crippen molar-refractivity contribution in [2.75, 3.05) is 20.8 Å². The van der Waals surface area contributed by atoms with Crippen molar-refractivity contribution in [1.29, 1.82) is 0 Å². The standard InChI is InChI=1S/C9H12O6/c1-12-7(10)6-5-4(15-8(6)11)3-14-9(5)13-2/h4-6,9H,3H2,1-2H3/t4-,5+,6+,9?/m0/s1. The third-order valence-electron chi connectivity index (χ3n) is 2.76. The number of esters is 2. The molecule has 1 unspecified atom stereocenters. The minimum absolute atomic E-state index is 0.266. The second-order valence-electron chi connectivity index (χ2n) is 3.49. The first-order chi connectivity index (χ1) is 7.19. The monoisotopic (exact) mass is 216 g/mol. The molecule has 0 bridgehead atoms. The summed E-state index contributed by atoms with van der Waals surface area (Å²) in [6.45, 7) is 0.266. The van der Waals surface area contributed by atoms with Gasteiger partial charge in [0.2, 0.25) is 0 Å². The average Bonchev–Trinajstić information content (AvgIpc) is 2.74. The Balaban J connectivity index is 2.21. The number of ether oxygens (including phenoxy) is 4. The molecule has 2 aliphatic rings. The van der Waals surface area contributed by atoms with Crippen LogP contribution in [0.1, 0.15) is 0 Å². The van der Waals surface area contributed by atoms with Gasteiger partial charge in [-0.25, -0.2) is 0 Å². The predicted octanol–water partition coefficient (Wildman–Crippen LogP) is -0.680. The van der Waals surface area contributed by atoms with Gasteiger partial charge in [-0.15, -0.1) is 0 Å². The van der Waals surface area contributed by atoms with Gasteiger partial charge in [0, 0.05) is 7.11 Å². The van der Waals surface area contributed by atoms with Crippen molar-refractivity contribution in [3.8, 4) is 0 Å². The van der Waals surface area contributed by atoms with Crippen LogP contribution in [0.4, 0.5) is 0 Å². The Hall–Kier alpha value is -1.14. The third kappa shape index (κ3) is 1.49. The molecular formula is C9H12O6. The molecule has 15 heavy (non-hydrogen) atoms. The van der Waals surface area contributed by atoms with E-state index in [0.717, 1.165) is 0 Å². The van der Waals surface area contributed by atoms with Gasteiger partial charge in [0.05, 0.1) is 19.6 Å². The van der Waals surface area contributed by atoms with E-state index < -0.39 is 36.2 Å². The number of hydrogen-bond acceptors (Lipinski definition) is 6. The molecule has 0 aliphatic carbocycles. The van der Waals surface area contributed by atoms with Crippen LogP contribution in [-0.2, 0) is 28.5 Å². The third-order valence-corrected chi connectivity index (χ3v) is 2.76. The molecule has 6 heteroatoms. The van der Waals surface area contributed by atoms with E-state index in [4.69, 9.17) is 14.2 Å². The number of hydrogen-bond donors (Lipinski definition) is 0. The van der Waals surface area contributed by atoms with Crippen LogP contribution in [0.2, 0.25) is 0 Å². The van der Waals surface area contributed by atoms with E-state index in [1.807, 2.05) is 0 Å². The Morgan fingerprint density at radius 2 is 2.20 bits per heavy atom. The zero-order valence-corrected chi connectivity index (χ0v) is 8.47. The van der Waals surface area contributed by atoms with Gasteiger partial charge in [-0.1, -0.05) is 0 Å². The summed E-state index contributed by atoms with van der Waals surface area (Å²) in [6.07, 6.45) is -0.975. The fourth-order valence-corrected chi connectivity index (χ4v) is 2.06. The van der Waals surface area contributed by atoms with E-state index in [-0.39, 0.29) is 6.61 Å². The zero-order chi connectivity index (χ0) is 11.0. The molecule has 0 aromatic carbocycles. The number of fused-ring (bicyclic) bond motifs is 1. The molecule has 84 valence electrons. The van der Waals surface area contributed by atoms with Crippen LogP contribution in [0, 0.1) is 11.8 Å². The maximum absolute atomic E-state index is 11.4. The maximum atomic E-state index is 11.4. The lowest BCUT2D eigenvalue weighted by atomic mass is 9.91. The molecule has 0 spiro atoms. The summed E-state index contributed by atoms with van der Waals surface area (Å²) in [6, 6.07) is 0. The molecule has 6 nitrogen and oxygen atoms in total. The second-order valence-corrected chi connectivity index (χ2v) is 3.49. The molecule has 0 saturated carbocycles. The summed E-state index contributed by atoms with van der Waals surface area (Å²) in [7, 11) is 2.70. The fourth-order valence-electron chi connectivity index (χ4n) is 2.06. The highest BCUT2D eigenvalue weighted by Crippen LogP contribution is 2.38. The van der Waals surface area contributed by atoms with Gasteiger partial charge < -0.3 is 18.9 Å². The van der Waals surface area contributed by atoms with E-state index in [0.29, 0.717) is 0 Å². The summed E-state index contributed by atoms with van der Waals surface area (Å²) in [5.41, 5.74) is 0. The second kappa shape index (κ2) is 3.79. The van der Waals surface area contributed by atoms with Crippen LogP contribution in [0.3, 0.4) is 0 Å². The van der Waals surface area contributed by atoms with Crippen molar-refractivity contribution in [2.24, 2.45) is 11.8 Å². The smallest absolute Gasteiger partial charge is 0.321 e. The van der Waals surface area contributed by atoms with E-state index in [1.54, 1.807) is 0 Å². The van der Waals surface area contributed by atoms with Gasteiger partial charge in [0.1, 0.15) is 6.10 Å². The number of methoxy groups -OCH3 is 2. The van der Waals surface area contributed by atoms with Gasteiger partial charge >= 0.3 is 11.9 Å². The first kappa shape index (κ1) is 10.4. The molecular weight excluding hydrogens is 204 g/mol. The highest BCUT2D eigenvalue weighted by Gasteiger charge is 2.57. The lowest BCUT2D eigenvalue weighted by Gasteiger charge is -2.17.